The van der Waals surface area contributed by atoms with Gasteiger partial charge in [-0.25, -0.2) is 13.4 Å². The highest BCUT2D eigenvalue weighted by Crippen LogP contribution is 2.20. The number of hydrogen-bond donors (Lipinski definition) is 3. The number of nitrogens with zero attached hydrogens (tertiary/aromatic N) is 2. The Kier molecular flexibility index (Phi) is 4.94. The van der Waals surface area contributed by atoms with Gasteiger partial charge in [0.2, 0.25) is 0 Å². The minimum Gasteiger partial charge on any atom is -0.380 e. The van der Waals surface area contributed by atoms with Gasteiger partial charge < -0.3 is 5.32 Å². The zero-order valence-corrected chi connectivity index (χ0v) is 15.7. The van der Waals surface area contributed by atoms with Crippen molar-refractivity contribution >= 4 is 21.5 Å². The molecule has 0 radical (unpaired) electrons. The van der Waals surface area contributed by atoms with E-state index in [1.54, 1.807) is 32.2 Å². The molecule has 7 nitrogen and oxygen atoms in total. The van der Waals surface area contributed by atoms with Crippen LogP contribution in [0.15, 0.2) is 47.5 Å². The van der Waals surface area contributed by atoms with Crippen molar-refractivity contribution in [3.63, 3.8) is 0 Å². The third-order valence-electron chi connectivity index (χ3n) is 3.91. The second kappa shape index (κ2) is 7.17. The number of aromatic nitrogens is 3. The maximum atomic E-state index is 12.5. The molecule has 136 valence electrons. The van der Waals surface area contributed by atoms with Gasteiger partial charge in [0.25, 0.3) is 10.0 Å². The van der Waals surface area contributed by atoms with E-state index in [-0.39, 0.29) is 10.7 Å². The summed E-state index contributed by atoms with van der Waals surface area (Å²) in [6.07, 6.45) is 1.60. The fraction of sp³-hybridized carbons (Fsp3) is 0.222. The minimum atomic E-state index is -3.73. The summed E-state index contributed by atoms with van der Waals surface area (Å²) >= 11 is 0. The molecule has 0 aliphatic carbocycles. The van der Waals surface area contributed by atoms with Crippen LogP contribution in [0.2, 0.25) is 0 Å². The molecule has 3 aromatic rings. The van der Waals surface area contributed by atoms with Gasteiger partial charge >= 0.3 is 0 Å². The molecule has 0 amide bonds. The first-order chi connectivity index (χ1) is 12.3. The van der Waals surface area contributed by atoms with Crippen molar-refractivity contribution in [3.8, 4) is 0 Å². The van der Waals surface area contributed by atoms with Crippen LogP contribution in [0.5, 0.6) is 0 Å². The predicted octanol–water partition coefficient (Wildman–Crippen LogP) is 3.14. The molecule has 8 heteroatoms. The van der Waals surface area contributed by atoms with Gasteiger partial charge in [-0.2, -0.15) is 5.10 Å². The van der Waals surface area contributed by atoms with E-state index < -0.39 is 10.0 Å². The molecule has 0 atom stereocenters. The number of anilines is 2. The number of H-pyrrole nitrogens is 1. The Morgan fingerprint density at radius 1 is 1.12 bits per heavy atom. The Morgan fingerprint density at radius 3 is 2.54 bits per heavy atom. The van der Waals surface area contributed by atoms with Gasteiger partial charge in [0.05, 0.1) is 23.3 Å². The Hall–Kier alpha value is -2.87. The van der Waals surface area contributed by atoms with Gasteiger partial charge in [0.1, 0.15) is 10.7 Å². The van der Waals surface area contributed by atoms with Crippen molar-refractivity contribution in [2.24, 2.45) is 0 Å². The zero-order chi connectivity index (χ0) is 18.7. The number of rotatable bonds is 6. The maximum Gasteiger partial charge on any atom is 0.266 e. The van der Waals surface area contributed by atoms with Gasteiger partial charge in [-0.15, -0.1) is 0 Å². The quantitative estimate of drug-likeness (QED) is 0.618. The van der Waals surface area contributed by atoms with E-state index in [0.29, 0.717) is 17.9 Å². The number of aromatic amines is 1. The van der Waals surface area contributed by atoms with Crippen LogP contribution in [0.4, 0.5) is 11.5 Å². The van der Waals surface area contributed by atoms with Crippen LogP contribution in [0.1, 0.15) is 22.5 Å². The van der Waals surface area contributed by atoms with Gasteiger partial charge in [-0.05, 0) is 38.5 Å². The standard InChI is InChI=1S/C18H21N5O2S/c1-12-5-4-6-15(9-12)10-19-16-7-8-17(20-11-16)23-26(24,25)18-13(2)21-22-14(18)3/h4-9,11,19H,10H2,1-3H3,(H,20,23)(H,21,22). The lowest BCUT2D eigenvalue weighted by Crippen LogP contribution is -2.15. The fourth-order valence-corrected chi connectivity index (χ4v) is 4.09. The summed E-state index contributed by atoms with van der Waals surface area (Å²) in [7, 11) is -3.73. The molecule has 2 aromatic heterocycles. The lowest BCUT2D eigenvalue weighted by atomic mass is 10.1. The molecule has 1 aromatic carbocycles. The van der Waals surface area contributed by atoms with E-state index in [1.807, 2.05) is 12.1 Å². The van der Waals surface area contributed by atoms with Crippen molar-refractivity contribution in [3.05, 3.63) is 65.1 Å². The van der Waals surface area contributed by atoms with Crippen molar-refractivity contribution in [1.82, 2.24) is 15.2 Å². The third kappa shape index (κ3) is 4.02. The topological polar surface area (TPSA) is 99.8 Å². The van der Waals surface area contributed by atoms with Crippen molar-refractivity contribution < 1.29 is 8.42 Å². The van der Waals surface area contributed by atoms with E-state index in [9.17, 15) is 8.42 Å². The minimum absolute atomic E-state index is 0.154. The predicted molar refractivity (Wildman–Crippen MR) is 102 cm³/mol. The lowest BCUT2D eigenvalue weighted by Gasteiger charge is -2.10. The number of benzene rings is 1. The normalized spacial score (nSPS) is 11.3. The maximum absolute atomic E-state index is 12.5. The highest BCUT2D eigenvalue weighted by atomic mass is 32.2. The Bertz CT molecular complexity index is 991. The van der Waals surface area contributed by atoms with Crippen LogP contribution < -0.4 is 10.0 Å². The zero-order valence-electron chi connectivity index (χ0n) is 14.9. The molecule has 0 saturated heterocycles. The number of nitrogens with one attached hydrogen (secondary N) is 3. The monoisotopic (exact) mass is 371 g/mol. The van der Waals surface area contributed by atoms with E-state index in [1.165, 1.54) is 11.1 Å². The van der Waals surface area contributed by atoms with Gasteiger partial charge in [0.15, 0.2) is 0 Å². The molecular weight excluding hydrogens is 350 g/mol. The molecule has 0 saturated carbocycles. The summed E-state index contributed by atoms with van der Waals surface area (Å²) in [4.78, 5) is 4.33. The van der Waals surface area contributed by atoms with Crippen LogP contribution in [-0.4, -0.2) is 23.6 Å². The summed E-state index contributed by atoms with van der Waals surface area (Å²) in [6.45, 7) is 6.03. The van der Waals surface area contributed by atoms with E-state index in [4.69, 9.17) is 0 Å². The van der Waals surface area contributed by atoms with Gasteiger partial charge in [-0.1, -0.05) is 29.8 Å². The number of pyridine rings is 1. The Balaban J connectivity index is 1.68. The van der Waals surface area contributed by atoms with Crippen molar-refractivity contribution in [2.45, 2.75) is 32.2 Å². The average molecular weight is 371 g/mol. The van der Waals surface area contributed by atoms with Crippen LogP contribution in [-0.2, 0) is 16.6 Å². The third-order valence-corrected chi connectivity index (χ3v) is 5.53. The van der Waals surface area contributed by atoms with Crippen molar-refractivity contribution in [2.75, 3.05) is 10.0 Å². The van der Waals surface area contributed by atoms with Crippen LogP contribution in [0, 0.1) is 20.8 Å². The average Bonchev–Trinajstić information content (AvgIpc) is 2.93. The molecular formula is C18H21N5O2S. The van der Waals surface area contributed by atoms with Crippen LogP contribution in [0.3, 0.4) is 0 Å². The Labute approximate surface area is 152 Å². The van der Waals surface area contributed by atoms with Gasteiger partial charge in [0, 0.05) is 6.54 Å². The summed E-state index contributed by atoms with van der Waals surface area (Å²) in [6, 6.07) is 11.6. The summed E-state index contributed by atoms with van der Waals surface area (Å²) in [5.41, 5.74) is 4.10. The SMILES string of the molecule is Cc1cccc(CNc2ccc(NS(=O)(=O)c3c(C)n[nH]c3C)nc2)c1. The second-order valence-corrected chi connectivity index (χ2v) is 7.76. The number of hydrogen-bond acceptors (Lipinski definition) is 5. The highest BCUT2D eigenvalue weighted by molar-refractivity contribution is 7.92. The smallest absolute Gasteiger partial charge is 0.266 e. The Morgan fingerprint density at radius 2 is 1.92 bits per heavy atom. The van der Waals surface area contributed by atoms with E-state index >= 15 is 0 Å². The molecule has 0 aliphatic rings. The molecule has 3 rings (SSSR count). The summed E-state index contributed by atoms with van der Waals surface area (Å²) in [5.74, 6) is 0.256. The number of aryl methyl sites for hydroxylation is 3. The van der Waals surface area contributed by atoms with Gasteiger partial charge in [-0.3, -0.25) is 9.82 Å². The molecule has 0 aliphatic heterocycles. The molecule has 0 bridgehead atoms. The summed E-state index contributed by atoms with van der Waals surface area (Å²) < 4.78 is 27.5. The number of sulfonamides is 1. The first kappa shape index (κ1) is 17.9. The lowest BCUT2D eigenvalue weighted by molar-refractivity contribution is 0.600. The first-order valence-corrected chi connectivity index (χ1v) is 9.63. The van der Waals surface area contributed by atoms with Crippen LogP contribution >= 0.6 is 0 Å². The second-order valence-electron chi connectivity index (χ2n) is 6.14. The van der Waals surface area contributed by atoms with Crippen molar-refractivity contribution in [1.29, 1.82) is 0 Å². The first-order valence-electron chi connectivity index (χ1n) is 8.15. The fourth-order valence-electron chi connectivity index (χ4n) is 2.71. The molecule has 3 N–H and O–H groups in total. The van der Waals surface area contributed by atoms with E-state index in [0.717, 1.165) is 5.69 Å². The molecule has 0 spiro atoms. The molecule has 0 unspecified atom stereocenters. The molecule has 0 fully saturated rings. The molecule has 2 heterocycles. The van der Waals surface area contributed by atoms with E-state index in [2.05, 4.69) is 44.3 Å². The summed E-state index contributed by atoms with van der Waals surface area (Å²) in [5, 5.41) is 9.87. The molecule has 26 heavy (non-hydrogen) atoms. The van der Waals surface area contributed by atoms with Crippen LogP contribution in [0.25, 0.3) is 0 Å². The largest absolute Gasteiger partial charge is 0.380 e. The highest BCUT2D eigenvalue weighted by Gasteiger charge is 2.22.